The third-order valence-electron chi connectivity index (χ3n) is 4.39. The molecule has 1 aromatic carbocycles. The normalized spacial score (nSPS) is 19.3. The van der Waals surface area contributed by atoms with Crippen LogP contribution in [-0.4, -0.2) is 31.1 Å². The zero-order chi connectivity index (χ0) is 15.8. The summed E-state index contributed by atoms with van der Waals surface area (Å²) in [5.41, 5.74) is 1.23. The lowest BCUT2D eigenvalue weighted by Gasteiger charge is -2.26. The molecule has 1 aliphatic heterocycles. The number of nitriles is 2. The van der Waals surface area contributed by atoms with Crippen LogP contribution < -0.4 is 4.74 Å². The first kappa shape index (κ1) is 16.3. The lowest BCUT2D eigenvalue weighted by Crippen LogP contribution is -2.35. The lowest BCUT2D eigenvalue weighted by atomic mass is 10.0. The third-order valence-corrected chi connectivity index (χ3v) is 4.39. The second-order valence-corrected chi connectivity index (χ2v) is 5.83. The van der Waals surface area contributed by atoms with Crippen molar-refractivity contribution >= 4 is 0 Å². The molecule has 0 radical (unpaired) electrons. The van der Waals surface area contributed by atoms with E-state index in [-0.39, 0.29) is 5.92 Å². The number of likely N-dealkylation sites (tertiary alicyclic amines) is 1. The van der Waals surface area contributed by atoms with Gasteiger partial charge in [0.25, 0.3) is 0 Å². The lowest BCUT2D eigenvalue weighted by molar-refractivity contribution is 0.226. The number of para-hydroxylation sites is 1. The van der Waals surface area contributed by atoms with Crippen molar-refractivity contribution in [3.8, 4) is 17.9 Å². The van der Waals surface area contributed by atoms with Gasteiger partial charge in [-0.15, -0.1) is 0 Å². The van der Waals surface area contributed by atoms with E-state index in [2.05, 4.69) is 23.1 Å². The average Bonchev–Trinajstić information content (AvgIpc) is 2.98. The van der Waals surface area contributed by atoms with Crippen LogP contribution in [0.4, 0.5) is 0 Å². The SMILES string of the molecule is COc1ccccc1C[C@H]1CCCN1C[C@@H](C#N)CCC#N. The molecule has 0 bridgehead atoms. The predicted molar refractivity (Wildman–Crippen MR) is 85.2 cm³/mol. The van der Waals surface area contributed by atoms with E-state index in [0.29, 0.717) is 18.9 Å². The van der Waals surface area contributed by atoms with Crippen molar-refractivity contribution in [3.05, 3.63) is 29.8 Å². The summed E-state index contributed by atoms with van der Waals surface area (Å²) in [6.07, 6.45) is 4.43. The molecule has 0 aliphatic carbocycles. The molecule has 116 valence electrons. The minimum Gasteiger partial charge on any atom is -0.496 e. The highest BCUT2D eigenvalue weighted by Gasteiger charge is 2.27. The van der Waals surface area contributed by atoms with Gasteiger partial charge in [0, 0.05) is 19.0 Å². The first-order valence-corrected chi connectivity index (χ1v) is 7.91. The molecule has 0 N–H and O–H groups in total. The van der Waals surface area contributed by atoms with E-state index in [0.717, 1.165) is 31.7 Å². The standard InChI is InChI=1S/C18H23N3O/c1-22-18-9-3-2-7-16(18)12-17-8-5-11-21(17)14-15(13-20)6-4-10-19/h2-3,7,9,15,17H,4-6,8,11-12,14H2,1H3/t15-,17-/m1/s1. The molecule has 4 heteroatoms. The quantitative estimate of drug-likeness (QED) is 0.775. The van der Waals surface area contributed by atoms with Crippen molar-refractivity contribution in [1.82, 2.24) is 4.90 Å². The smallest absolute Gasteiger partial charge is 0.122 e. The zero-order valence-electron chi connectivity index (χ0n) is 13.2. The van der Waals surface area contributed by atoms with Crippen molar-refractivity contribution in [3.63, 3.8) is 0 Å². The Hall–Kier alpha value is -2.04. The minimum absolute atomic E-state index is 0.0436. The first-order chi connectivity index (χ1) is 10.8. The number of nitrogens with zero attached hydrogens (tertiary/aromatic N) is 3. The molecule has 0 saturated carbocycles. The van der Waals surface area contributed by atoms with E-state index in [9.17, 15) is 5.26 Å². The highest BCUT2D eigenvalue weighted by Crippen LogP contribution is 2.27. The Morgan fingerprint density at radius 3 is 2.91 bits per heavy atom. The number of ether oxygens (including phenoxy) is 1. The maximum atomic E-state index is 9.27. The highest BCUT2D eigenvalue weighted by atomic mass is 16.5. The van der Waals surface area contributed by atoms with Crippen LogP contribution in [0.5, 0.6) is 5.75 Å². The van der Waals surface area contributed by atoms with Crippen molar-refractivity contribution in [2.75, 3.05) is 20.2 Å². The maximum Gasteiger partial charge on any atom is 0.122 e. The fourth-order valence-corrected chi connectivity index (χ4v) is 3.21. The Morgan fingerprint density at radius 1 is 1.36 bits per heavy atom. The molecule has 0 aromatic heterocycles. The van der Waals surface area contributed by atoms with Gasteiger partial charge in [0.1, 0.15) is 5.75 Å². The third kappa shape index (κ3) is 4.23. The van der Waals surface area contributed by atoms with Crippen LogP contribution >= 0.6 is 0 Å². The van der Waals surface area contributed by atoms with E-state index in [1.165, 1.54) is 12.0 Å². The second kappa shape index (κ2) is 8.41. The Bertz CT molecular complexity index is 558. The summed E-state index contributed by atoms with van der Waals surface area (Å²) in [6.45, 7) is 1.82. The van der Waals surface area contributed by atoms with E-state index in [1.807, 2.05) is 18.2 Å². The van der Waals surface area contributed by atoms with Gasteiger partial charge in [-0.05, 0) is 43.9 Å². The van der Waals surface area contributed by atoms with Crippen LogP contribution in [0.1, 0.15) is 31.2 Å². The summed E-state index contributed by atoms with van der Waals surface area (Å²) in [5.74, 6) is 0.897. The van der Waals surface area contributed by atoms with Crippen LogP contribution in [0, 0.1) is 28.6 Å². The maximum absolute atomic E-state index is 9.27. The molecule has 1 heterocycles. The van der Waals surface area contributed by atoms with Crippen molar-refractivity contribution < 1.29 is 4.74 Å². The van der Waals surface area contributed by atoms with Gasteiger partial charge in [-0.25, -0.2) is 0 Å². The van der Waals surface area contributed by atoms with E-state index >= 15 is 0 Å². The monoisotopic (exact) mass is 297 g/mol. The van der Waals surface area contributed by atoms with Gasteiger partial charge in [-0.2, -0.15) is 10.5 Å². The summed E-state index contributed by atoms with van der Waals surface area (Å²) in [7, 11) is 1.71. The summed E-state index contributed by atoms with van der Waals surface area (Å²) in [5, 5.41) is 18.0. The van der Waals surface area contributed by atoms with Gasteiger partial charge in [0.2, 0.25) is 0 Å². The summed E-state index contributed by atoms with van der Waals surface area (Å²) in [6, 6.07) is 13.1. The Morgan fingerprint density at radius 2 is 2.18 bits per heavy atom. The van der Waals surface area contributed by atoms with Gasteiger partial charge < -0.3 is 4.74 Å². The van der Waals surface area contributed by atoms with E-state index in [1.54, 1.807) is 7.11 Å². The molecule has 4 nitrogen and oxygen atoms in total. The average molecular weight is 297 g/mol. The molecule has 1 aromatic rings. The highest BCUT2D eigenvalue weighted by molar-refractivity contribution is 5.34. The number of hydrogen-bond acceptors (Lipinski definition) is 4. The zero-order valence-corrected chi connectivity index (χ0v) is 13.2. The van der Waals surface area contributed by atoms with Gasteiger partial charge >= 0.3 is 0 Å². The van der Waals surface area contributed by atoms with Crippen LogP contribution in [0.2, 0.25) is 0 Å². The van der Waals surface area contributed by atoms with Gasteiger partial charge in [0.05, 0.1) is 25.2 Å². The first-order valence-electron chi connectivity index (χ1n) is 7.91. The van der Waals surface area contributed by atoms with Crippen LogP contribution in [0.3, 0.4) is 0 Å². The molecule has 0 spiro atoms. The molecular weight excluding hydrogens is 274 g/mol. The Kier molecular flexibility index (Phi) is 6.25. The van der Waals surface area contributed by atoms with Crippen molar-refractivity contribution in [2.45, 2.75) is 38.1 Å². The number of hydrogen-bond donors (Lipinski definition) is 0. The summed E-state index contributed by atoms with van der Waals surface area (Å²) >= 11 is 0. The van der Waals surface area contributed by atoms with E-state index < -0.39 is 0 Å². The fraction of sp³-hybridized carbons (Fsp3) is 0.556. The molecule has 1 saturated heterocycles. The number of benzene rings is 1. The Balaban J connectivity index is 1.98. The molecule has 2 rings (SSSR count). The van der Waals surface area contributed by atoms with Gasteiger partial charge in [-0.1, -0.05) is 18.2 Å². The van der Waals surface area contributed by atoms with Crippen LogP contribution in [-0.2, 0) is 6.42 Å². The second-order valence-electron chi connectivity index (χ2n) is 5.83. The number of rotatable bonds is 7. The molecule has 0 unspecified atom stereocenters. The predicted octanol–water partition coefficient (Wildman–Crippen LogP) is 3.15. The molecule has 1 fully saturated rings. The molecule has 22 heavy (non-hydrogen) atoms. The largest absolute Gasteiger partial charge is 0.496 e. The Labute approximate surface area is 132 Å². The molecular formula is C18H23N3O. The van der Waals surface area contributed by atoms with Crippen LogP contribution in [0.25, 0.3) is 0 Å². The topological polar surface area (TPSA) is 60.0 Å². The van der Waals surface area contributed by atoms with Crippen LogP contribution in [0.15, 0.2) is 24.3 Å². The summed E-state index contributed by atoms with van der Waals surface area (Å²) in [4.78, 5) is 2.41. The van der Waals surface area contributed by atoms with Gasteiger partial charge in [0.15, 0.2) is 0 Å². The van der Waals surface area contributed by atoms with E-state index in [4.69, 9.17) is 10.00 Å². The molecule has 0 amide bonds. The van der Waals surface area contributed by atoms with Crippen molar-refractivity contribution in [1.29, 1.82) is 10.5 Å². The van der Waals surface area contributed by atoms with Crippen molar-refractivity contribution in [2.24, 2.45) is 5.92 Å². The number of methoxy groups -OCH3 is 1. The fourth-order valence-electron chi connectivity index (χ4n) is 3.21. The molecule has 1 aliphatic rings. The molecule has 2 atom stereocenters. The minimum atomic E-state index is -0.0436. The van der Waals surface area contributed by atoms with Gasteiger partial charge in [-0.3, -0.25) is 4.90 Å². The summed E-state index contributed by atoms with van der Waals surface area (Å²) < 4.78 is 5.44.